The van der Waals surface area contributed by atoms with Gasteiger partial charge in [-0.3, -0.25) is 4.68 Å². The number of halogens is 1. The molecule has 0 unspecified atom stereocenters. The molecule has 0 aliphatic heterocycles. The molecule has 2 rings (SSSR count). The van der Waals surface area contributed by atoms with Gasteiger partial charge >= 0.3 is 0 Å². The second-order valence-corrected chi connectivity index (χ2v) is 4.62. The standard InChI is InChI=1S/C13H16ClN3O/c1-8-13(9(2)17(3)16-8)18-12-6-11(14)5-4-10(12)7-15/h4-6H,7,15H2,1-3H3. The molecule has 2 N–H and O–H groups in total. The first kappa shape index (κ1) is 12.9. The fourth-order valence-corrected chi connectivity index (χ4v) is 1.97. The van der Waals surface area contributed by atoms with Crippen LogP contribution in [0, 0.1) is 13.8 Å². The van der Waals surface area contributed by atoms with E-state index >= 15 is 0 Å². The molecule has 4 nitrogen and oxygen atoms in total. The van der Waals surface area contributed by atoms with Crippen molar-refractivity contribution >= 4 is 11.6 Å². The molecule has 0 saturated carbocycles. The first-order valence-corrected chi connectivity index (χ1v) is 6.07. The molecule has 1 aromatic carbocycles. The Hall–Kier alpha value is -1.52. The van der Waals surface area contributed by atoms with Gasteiger partial charge in [-0.05, 0) is 26.0 Å². The fraction of sp³-hybridized carbons (Fsp3) is 0.308. The largest absolute Gasteiger partial charge is 0.453 e. The Labute approximate surface area is 111 Å². The Morgan fingerprint density at radius 2 is 2.11 bits per heavy atom. The van der Waals surface area contributed by atoms with Gasteiger partial charge in [-0.15, -0.1) is 0 Å². The quantitative estimate of drug-likeness (QED) is 0.928. The van der Waals surface area contributed by atoms with Gasteiger partial charge < -0.3 is 10.5 Å². The number of nitrogens with zero attached hydrogens (tertiary/aromatic N) is 2. The van der Waals surface area contributed by atoms with Crippen LogP contribution in [0.25, 0.3) is 0 Å². The number of hydrogen-bond acceptors (Lipinski definition) is 3. The highest BCUT2D eigenvalue weighted by molar-refractivity contribution is 6.30. The van der Waals surface area contributed by atoms with E-state index in [2.05, 4.69) is 5.10 Å². The van der Waals surface area contributed by atoms with Gasteiger partial charge in [0.15, 0.2) is 5.75 Å². The highest BCUT2D eigenvalue weighted by atomic mass is 35.5. The Kier molecular flexibility index (Phi) is 3.59. The number of aryl methyl sites for hydroxylation is 2. The molecule has 18 heavy (non-hydrogen) atoms. The Balaban J connectivity index is 2.42. The van der Waals surface area contributed by atoms with E-state index in [4.69, 9.17) is 22.1 Å². The van der Waals surface area contributed by atoms with Crippen LogP contribution in [0.1, 0.15) is 17.0 Å². The van der Waals surface area contributed by atoms with Gasteiger partial charge in [0.2, 0.25) is 0 Å². The van der Waals surface area contributed by atoms with Crippen LogP contribution >= 0.6 is 11.6 Å². The summed E-state index contributed by atoms with van der Waals surface area (Å²) in [6.07, 6.45) is 0. The van der Waals surface area contributed by atoms with Crippen LogP contribution in [0.5, 0.6) is 11.5 Å². The van der Waals surface area contributed by atoms with Crippen molar-refractivity contribution in [3.05, 3.63) is 40.2 Å². The zero-order valence-corrected chi connectivity index (χ0v) is 11.5. The molecule has 1 heterocycles. The van der Waals surface area contributed by atoms with E-state index in [0.29, 0.717) is 17.3 Å². The SMILES string of the molecule is Cc1nn(C)c(C)c1Oc1cc(Cl)ccc1CN. The lowest BCUT2D eigenvalue weighted by atomic mass is 10.2. The van der Waals surface area contributed by atoms with Gasteiger partial charge in [0, 0.05) is 24.2 Å². The molecule has 0 aliphatic rings. The Bertz CT molecular complexity index is 578. The molecule has 2 aromatic rings. The van der Waals surface area contributed by atoms with Crippen molar-refractivity contribution in [1.29, 1.82) is 0 Å². The normalized spacial score (nSPS) is 10.7. The number of aromatic nitrogens is 2. The molecular weight excluding hydrogens is 250 g/mol. The molecule has 0 atom stereocenters. The first-order valence-electron chi connectivity index (χ1n) is 5.69. The van der Waals surface area contributed by atoms with Crippen LogP contribution in [0.15, 0.2) is 18.2 Å². The van der Waals surface area contributed by atoms with Gasteiger partial charge in [0.05, 0.1) is 5.69 Å². The Morgan fingerprint density at radius 3 is 2.67 bits per heavy atom. The summed E-state index contributed by atoms with van der Waals surface area (Å²) in [6.45, 7) is 4.28. The van der Waals surface area contributed by atoms with E-state index in [9.17, 15) is 0 Å². The zero-order valence-electron chi connectivity index (χ0n) is 10.7. The van der Waals surface area contributed by atoms with Gasteiger partial charge in [-0.2, -0.15) is 5.10 Å². The average Bonchev–Trinajstić information content (AvgIpc) is 2.56. The summed E-state index contributed by atoms with van der Waals surface area (Å²) in [7, 11) is 1.89. The van der Waals surface area contributed by atoms with Crippen molar-refractivity contribution in [2.45, 2.75) is 20.4 Å². The van der Waals surface area contributed by atoms with E-state index < -0.39 is 0 Å². The minimum absolute atomic E-state index is 0.408. The van der Waals surface area contributed by atoms with Crippen LogP contribution in [0.2, 0.25) is 5.02 Å². The number of hydrogen-bond donors (Lipinski definition) is 1. The molecular formula is C13H16ClN3O. The van der Waals surface area contributed by atoms with E-state index in [-0.39, 0.29) is 0 Å². The molecule has 0 radical (unpaired) electrons. The monoisotopic (exact) mass is 265 g/mol. The summed E-state index contributed by atoms with van der Waals surface area (Å²) in [4.78, 5) is 0. The zero-order chi connectivity index (χ0) is 13.3. The summed E-state index contributed by atoms with van der Waals surface area (Å²) >= 11 is 5.98. The fourth-order valence-electron chi connectivity index (χ4n) is 1.80. The van der Waals surface area contributed by atoms with Crippen molar-refractivity contribution in [2.75, 3.05) is 0 Å². The maximum atomic E-state index is 5.98. The van der Waals surface area contributed by atoms with E-state index in [1.165, 1.54) is 0 Å². The third kappa shape index (κ3) is 2.35. The van der Waals surface area contributed by atoms with Gasteiger partial charge in [-0.25, -0.2) is 0 Å². The number of nitrogens with two attached hydrogens (primary N) is 1. The van der Waals surface area contributed by atoms with Crippen molar-refractivity contribution in [3.63, 3.8) is 0 Å². The molecule has 0 saturated heterocycles. The highest BCUT2D eigenvalue weighted by Crippen LogP contribution is 2.31. The summed E-state index contributed by atoms with van der Waals surface area (Å²) < 4.78 is 7.70. The summed E-state index contributed by atoms with van der Waals surface area (Å²) in [5.74, 6) is 1.44. The van der Waals surface area contributed by atoms with Crippen LogP contribution in [0.3, 0.4) is 0 Å². The molecule has 0 amide bonds. The van der Waals surface area contributed by atoms with Crippen LogP contribution in [0.4, 0.5) is 0 Å². The van der Waals surface area contributed by atoms with Gasteiger partial charge in [0.25, 0.3) is 0 Å². The van der Waals surface area contributed by atoms with E-state index in [1.54, 1.807) is 16.8 Å². The van der Waals surface area contributed by atoms with Crippen molar-refractivity contribution in [2.24, 2.45) is 12.8 Å². The molecule has 0 bridgehead atoms. The lowest BCUT2D eigenvalue weighted by Crippen LogP contribution is -2.00. The highest BCUT2D eigenvalue weighted by Gasteiger charge is 2.13. The van der Waals surface area contributed by atoms with Gasteiger partial charge in [0.1, 0.15) is 11.4 Å². The van der Waals surface area contributed by atoms with Crippen LogP contribution in [-0.4, -0.2) is 9.78 Å². The second-order valence-electron chi connectivity index (χ2n) is 4.18. The van der Waals surface area contributed by atoms with Crippen LogP contribution < -0.4 is 10.5 Å². The van der Waals surface area contributed by atoms with E-state index in [1.807, 2.05) is 27.0 Å². The number of benzene rings is 1. The maximum Gasteiger partial charge on any atom is 0.171 e. The van der Waals surface area contributed by atoms with Crippen molar-refractivity contribution in [1.82, 2.24) is 9.78 Å². The van der Waals surface area contributed by atoms with Gasteiger partial charge in [-0.1, -0.05) is 17.7 Å². The smallest absolute Gasteiger partial charge is 0.171 e. The summed E-state index contributed by atoms with van der Waals surface area (Å²) in [6, 6.07) is 5.45. The van der Waals surface area contributed by atoms with Crippen molar-refractivity contribution in [3.8, 4) is 11.5 Å². The predicted molar refractivity (Wildman–Crippen MR) is 72.1 cm³/mol. The molecule has 1 aromatic heterocycles. The Morgan fingerprint density at radius 1 is 1.39 bits per heavy atom. The minimum atomic E-state index is 0.408. The minimum Gasteiger partial charge on any atom is -0.453 e. The number of ether oxygens (including phenoxy) is 1. The lowest BCUT2D eigenvalue weighted by molar-refractivity contribution is 0.468. The predicted octanol–water partition coefficient (Wildman–Crippen LogP) is 2.94. The number of rotatable bonds is 3. The topological polar surface area (TPSA) is 53.1 Å². The third-order valence-electron chi connectivity index (χ3n) is 2.90. The molecule has 5 heteroatoms. The molecule has 0 fully saturated rings. The molecule has 96 valence electrons. The van der Waals surface area contributed by atoms with Crippen LogP contribution in [-0.2, 0) is 13.6 Å². The summed E-state index contributed by atoms with van der Waals surface area (Å²) in [5.41, 5.74) is 8.42. The van der Waals surface area contributed by atoms with Crippen molar-refractivity contribution < 1.29 is 4.74 Å². The third-order valence-corrected chi connectivity index (χ3v) is 3.14. The summed E-state index contributed by atoms with van der Waals surface area (Å²) in [5, 5.41) is 4.94. The van der Waals surface area contributed by atoms with E-state index in [0.717, 1.165) is 22.7 Å². The second kappa shape index (κ2) is 5.00. The molecule has 0 aliphatic carbocycles. The average molecular weight is 266 g/mol. The maximum absolute atomic E-state index is 5.98. The lowest BCUT2D eigenvalue weighted by Gasteiger charge is -2.10. The first-order chi connectivity index (χ1) is 8.52. The molecule has 0 spiro atoms.